The maximum atomic E-state index is 12.8. The van der Waals surface area contributed by atoms with E-state index in [9.17, 15) is 18.0 Å². The highest BCUT2D eigenvalue weighted by Crippen LogP contribution is 2.32. The van der Waals surface area contributed by atoms with Gasteiger partial charge in [-0.3, -0.25) is 9.89 Å². The Labute approximate surface area is 178 Å². The number of nitrogens with one attached hydrogen (secondary N) is 2. The highest BCUT2D eigenvalue weighted by atomic mass is 19.4. The minimum Gasteiger partial charge on any atom is -0.372 e. The van der Waals surface area contributed by atoms with Crippen LogP contribution in [0.1, 0.15) is 40.9 Å². The second kappa shape index (κ2) is 8.45. The van der Waals surface area contributed by atoms with Gasteiger partial charge in [-0.1, -0.05) is 12.1 Å². The molecule has 31 heavy (non-hydrogen) atoms. The molecule has 2 N–H and O–H groups in total. The van der Waals surface area contributed by atoms with Crippen LogP contribution in [0.5, 0.6) is 0 Å². The van der Waals surface area contributed by atoms with Crippen LogP contribution in [0.2, 0.25) is 0 Å². The number of anilines is 2. The van der Waals surface area contributed by atoms with Gasteiger partial charge in [0.15, 0.2) is 0 Å². The van der Waals surface area contributed by atoms with Crippen molar-refractivity contribution in [1.82, 2.24) is 10.2 Å². The third-order valence-corrected chi connectivity index (χ3v) is 5.52. The van der Waals surface area contributed by atoms with Crippen LogP contribution in [0, 0.1) is 6.92 Å². The van der Waals surface area contributed by atoms with Crippen LogP contribution in [0.4, 0.5) is 24.5 Å². The number of piperidine rings is 1. The van der Waals surface area contributed by atoms with Crippen molar-refractivity contribution in [2.75, 3.05) is 23.3 Å². The van der Waals surface area contributed by atoms with E-state index in [1.54, 1.807) is 6.92 Å². The van der Waals surface area contributed by atoms with Gasteiger partial charge in [0.1, 0.15) is 5.69 Å². The first-order valence-electron chi connectivity index (χ1n) is 10.2. The predicted octanol–water partition coefficient (Wildman–Crippen LogP) is 5.65. The molecule has 0 aliphatic carbocycles. The van der Waals surface area contributed by atoms with E-state index in [1.165, 1.54) is 31.4 Å². The number of nitrogens with zero attached hydrogens (tertiary/aromatic N) is 2. The van der Waals surface area contributed by atoms with E-state index < -0.39 is 17.6 Å². The van der Waals surface area contributed by atoms with Crippen LogP contribution in [-0.4, -0.2) is 29.2 Å². The number of hydrogen-bond donors (Lipinski definition) is 2. The lowest BCUT2D eigenvalue weighted by molar-refractivity contribution is -0.137. The molecule has 1 aliphatic rings. The molecule has 0 spiro atoms. The normalized spacial score (nSPS) is 14.5. The van der Waals surface area contributed by atoms with Crippen molar-refractivity contribution in [2.24, 2.45) is 0 Å². The van der Waals surface area contributed by atoms with E-state index in [4.69, 9.17) is 0 Å². The molecule has 162 valence electrons. The predicted molar refractivity (Wildman–Crippen MR) is 114 cm³/mol. The summed E-state index contributed by atoms with van der Waals surface area (Å²) in [5.74, 6) is -0.496. The summed E-state index contributed by atoms with van der Waals surface area (Å²) in [6.45, 7) is 3.88. The van der Waals surface area contributed by atoms with Crippen molar-refractivity contribution in [1.29, 1.82) is 0 Å². The van der Waals surface area contributed by atoms with E-state index in [1.807, 2.05) is 24.3 Å². The number of alkyl halides is 3. The average molecular weight is 428 g/mol. The quantitative estimate of drug-likeness (QED) is 0.565. The number of amides is 1. The SMILES string of the molecule is Cc1[nH]nc(-c2ccc(N3CCCCC3)cc2)c1NC(=O)c1ccc(C(F)(F)F)cc1. The van der Waals surface area contributed by atoms with Gasteiger partial charge in [-0.2, -0.15) is 18.3 Å². The maximum absolute atomic E-state index is 12.8. The molecule has 2 heterocycles. The molecule has 0 bridgehead atoms. The highest BCUT2D eigenvalue weighted by Gasteiger charge is 2.30. The molecule has 2 aromatic carbocycles. The number of carbonyl (C=O) groups excluding carboxylic acids is 1. The molecule has 0 radical (unpaired) electrons. The summed E-state index contributed by atoms with van der Waals surface area (Å²) in [4.78, 5) is 15.0. The number of rotatable bonds is 4. The third kappa shape index (κ3) is 4.57. The lowest BCUT2D eigenvalue weighted by Crippen LogP contribution is -2.29. The van der Waals surface area contributed by atoms with Gasteiger partial charge in [0, 0.05) is 29.9 Å². The van der Waals surface area contributed by atoms with E-state index in [-0.39, 0.29) is 5.56 Å². The molecule has 0 unspecified atom stereocenters. The number of aromatic amines is 1. The Morgan fingerprint density at radius 3 is 2.26 bits per heavy atom. The van der Waals surface area contributed by atoms with Crippen molar-refractivity contribution >= 4 is 17.3 Å². The molecule has 3 aromatic rings. The number of aryl methyl sites for hydroxylation is 1. The topological polar surface area (TPSA) is 61.0 Å². The van der Waals surface area contributed by atoms with Gasteiger partial charge >= 0.3 is 6.18 Å². The monoisotopic (exact) mass is 428 g/mol. The highest BCUT2D eigenvalue weighted by molar-refractivity contribution is 6.06. The maximum Gasteiger partial charge on any atom is 0.416 e. The first-order chi connectivity index (χ1) is 14.8. The van der Waals surface area contributed by atoms with E-state index in [0.29, 0.717) is 17.1 Å². The minimum absolute atomic E-state index is 0.139. The molecular formula is C23H23F3N4O. The van der Waals surface area contributed by atoms with E-state index >= 15 is 0 Å². The lowest BCUT2D eigenvalue weighted by atomic mass is 10.1. The summed E-state index contributed by atoms with van der Waals surface area (Å²) in [5, 5.41) is 9.98. The van der Waals surface area contributed by atoms with Crippen molar-refractivity contribution in [2.45, 2.75) is 32.4 Å². The van der Waals surface area contributed by atoms with Crippen LogP contribution in [0.15, 0.2) is 48.5 Å². The zero-order valence-electron chi connectivity index (χ0n) is 17.1. The Kier molecular flexibility index (Phi) is 5.71. The smallest absolute Gasteiger partial charge is 0.372 e. The Hall–Kier alpha value is -3.29. The number of hydrogen-bond acceptors (Lipinski definition) is 3. The van der Waals surface area contributed by atoms with Gasteiger partial charge in [-0.25, -0.2) is 0 Å². The fraction of sp³-hybridized carbons (Fsp3) is 0.304. The summed E-state index contributed by atoms with van der Waals surface area (Å²) < 4.78 is 38.3. The summed E-state index contributed by atoms with van der Waals surface area (Å²) in [5.41, 5.74) is 3.10. The van der Waals surface area contributed by atoms with E-state index in [0.717, 1.165) is 36.5 Å². The van der Waals surface area contributed by atoms with Crippen LogP contribution in [0.3, 0.4) is 0 Å². The van der Waals surface area contributed by atoms with Gasteiger partial charge in [-0.05, 0) is 62.6 Å². The molecular weight excluding hydrogens is 405 g/mol. The number of H-pyrrole nitrogens is 1. The Morgan fingerprint density at radius 1 is 1.00 bits per heavy atom. The first kappa shape index (κ1) is 21.0. The first-order valence-corrected chi connectivity index (χ1v) is 10.2. The van der Waals surface area contributed by atoms with Gasteiger partial charge in [-0.15, -0.1) is 0 Å². The van der Waals surface area contributed by atoms with Gasteiger partial charge < -0.3 is 10.2 Å². The molecule has 8 heteroatoms. The minimum atomic E-state index is -4.44. The number of carbonyl (C=O) groups is 1. The van der Waals surface area contributed by atoms with Crippen LogP contribution in [0.25, 0.3) is 11.3 Å². The third-order valence-electron chi connectivity index (χ3n) is 5.52. The Bertz CT molecular complexity index is 1050. The van der Waals surface area contributed by atoms with Crippen molar-refractivity contribution < 1.29 is 18.0 Å². The fourth-order valence-electron chi connectivity index (χ4n) is 3.77. The Morgan fingerprint density at radius 2 is 1.65 bits per heavy atom. The van der Waals surface area contributed by atoms with Crippen LogP contribution in [-0.2, 0) is 6.18 Å². The Balaban J connectivity index is 1.53. The van der Waals surface area contributed by atoms with Crippen LogP contribution < -0.4 is 10.2 Å². The molecule has 1 aliphatic heterocycles. The molecule has 0 atom stereocenters. The summed E-state index contributed by atoms with van der Waals surface area (Å²) in [6.07, 6.45) is -0.784. The van der Waals surface area contributed by atoms with Crippen LogP contribution >= 0.6 is 0 Å². The van der Waals surface area contributed by atoms with E-state index in [2.05, 4.69) is 20.4 Å². The summed E-state index contributed by atoms with van der Waals surface area (Å²) >= 11 is 0. The van der Waals surface area contributed by atoms with Gasteiger partial charge in [0.25, 0.3) is 5.91 Å². The second-order valence-electron chi connectivity index (χ2n) is 7.70. The van der Waals surface area contributed by atoms with Gasteiger partial charge in [0.05, 0.1) is 16.9 Å². The molecule has 1 amide bonds. The lowest BCUT2D eigenvalue weighted by Gasteiger charge is -2.28. The zero-order chi connectivity index (χ0) is 22.0. The molecule has 1 saturated heterocycles. The number of benzene rings is 2. The molecule has 0 saturated carbocycles. The number of aromatic nitrogens is 2. The average Bonchev–Trinajstić information content (AvgIpc) is 3.14. The molecule has 1 aromatic heterocycles. The summed E-state index contributed by atoms with van der Waals surface area (Å²) in [7, 11) is 0. The largest absolute Gasteiger partial charge is 0.416 e. The van der Waals surface area contributed by atoms with Crippen molar-refractivity contribution in [3.8, 4) is 11.3 Å². The van der Waals surface area contributed by atoms with Gasteiger partial charge in [0.2, 0.25) is 0 Å². The van der Waals surface area contributed by atoms with Crippen molar-refractivity contribution in [3.05, 3.63) is 65.4 Å². The number of halogens is 3. The molecule has 4 rings (SSSR count). The standard InChI is InChI=1S/C23H23F3N4O/c1-15-20(27-22(31)17-5-9-18(10-6-17)23(24,25)26)21(29-28-15)16-7-11-19(12-8-16)30-13-3-2-4-14-30/h5-12H,2-4,13-14H2,1H3,(H,27,31)(H,28,29). The van der Waals surface area contributed by atoms with Crippen molar-refractivity contribution in [3.63, 3.8) is 0 Å². The fourth-order valence-corrected chi connectivity index (χ4v) is 3.77. The second-order valence-corrected chi connectivity index (χ2v) is 7.70. The molecule has 1 fully saturated rings. The molecule has 5 nitrogen and oxygen atoms in total. The zero-order valence-corrected chi connectivity index (χ0v) is 17.1. The summed E-state index contributed by atoms with van der Waals surface area (Å²) in [6, 6.07) is 12.2.